The number of fused-ring (bicyclic) bond motifs is 1. The second-order valence-corrected chi connectivity index (χ2v) is 6.21. The van der Waals surface area contributed by atoms with E-state index in [0.29, 0.717) is 28.0 Å². The fourth-order valence-electron chi connectivity index (χ4n) is 2.98. The molecule has 3 N–H and O–H groups in total. The first-order chi connectivity index (χ1) is 13.6. The highest BCUT2D eigenvalue weighted by Crippen LogP contribution is 2.25. The van der Waals surface area contributed by atoms with Crippen LogP contribution in [0.2, 0.25) is 0 Å². The zero-order valence-corrected chi connectivity index (χ0v) is 14.8. The Morgan fingerprint density at radius 3 is 2.46 bits per heavy atom. The second kappa shape index (κ2) is 7.28. The lowest BCUT2D eigenvalue weighted by molar-refractivity contribution is 0.0996. The van der Waals surface area contributed by atoms with Gasteiger partial charge in [-0.1, -0.05) is 24.3 Å². The smallest absolute Gasteiger partial charge is 0.256 e. The minimum absolute atomic E-state index is 0.296. The number of carbonyl (C=O) groups is 2. The summed E-state index contributed by atoms with van der Waals surface area (Å²) >= 11 is 0. The molecule has 0 aliphatic carbocycles. The number of hydrogen-bond acceptors (Lipinski definition) is 4. The number of pyridine rings is 2. The van der Waals surface area contributed by atoms with Crippen molar-refractivity contribution >= 4 is 28.4 Å². The molecule has 0 bridgehead atoms. The number of benzene rings is 2. The van der Waals surface area contributed by atoms with Crippen molar-refractivity contribution < 1.29 is 9.59 Å². The highest BCUT2D eigenvalue weighted by atomic mass is 16.2. The highest BCUT2D eigenvalue weighted by molar-refractivity contribution is 6.13. The normalized spacial score (nSPS) is 10.6. The minimum atomic E-state index is -0.551. The molecular formula is C22H16N4O2. The van der Waals surface area contributed by atoms with E-state index in [1.807, 2.05) is 36.4 Å². The largest absolute Gasteiger partial charge is 0.366 e. The molecule has 0 spiro atoms. The maximum atomic E-state index is 13.0. The van der Waals surface area contributed by atoms with Gasteiger partial charge in [0.2, 0.25) is 5.91 Å². The number of nitrogens with one attached hydrogen (secondary N) is 1. The molecule has 4 aromatic rings. The Bertz CT molecular complexity index is 1190. The summed E-state index contributed by atoms with van der Waals surface area (Å²) in [5.41, 5.74) is 8.89. The van der Waals surface area contributed by atoms with Gasteiger partial charge in [0.15, 0.2) is 0 Å². The molecular weight excluding hydrogens is 352 g/mol. The fraction of sp³-hybridized carbons (Fsp3) is 0. The van der Waals surface area contributed by atoms with Gasteiger partial charge in [-0.05, 0) is 42.5 Å². The van der Waals surface area contributed by atoms with E-state index in [2.05, 4.69) is 15.3 Å². The average molecular weight is 368 g/mol. The first kappa shape index (κ1) is 17.4. The number of rotatable bonds is 4. The Balaban J connectivity index is 1.78. The van der Waals surface area contributed by atoms with E-state index in [4.69, 9.17) is 5.73 Å². The SMILES string of the molecule is NC(=O)c1cccc(NC(=O)c2cc(-c3ccncc3)nc3ccccc23)c1. The van der Waals surface area contributed by atoms with Gasteiger partial charge in [-0.3, -0.25) is 14.6 Å². The van der Waals surface area contributed by atoms with E-state index in [1.165, 1.54) is 0 Å². The Hall–Kier alpha value is -4.06. The molecule has 0 radical (unpaired) electrons. The molecule has 6 nitrogen and oxygen atoms in total. The predicted molar refractivity (Wildman–Crippen MR) is 108 cm³/mol. The third-order valence-corrected chi connectivity index (χ3v) is 4.34. The summed E-state index contributed by atoms with van der Waals surface area (Å²) in [5, 5.41) is 3.58. The van der Waals surface area contributed by atoms with Crippen molar-refractivity contribution in [1.29, 1.82) is 0 Å². The van der Waals surface area contributed by atoms with E-state index in [-0.39, 0.29) is 5.91 Å². The van der Waals surface area contributed by atoms with E-state index < -0.39 is 5.91 Å². The zero-order valence-electron chi connectivity index (χ0n) is 14.8. The molecule has 0 aliphatic rings. The number of nitrogens with zero attached hydrogens (tertiary/aromatic N) is 2. The van der Waals surface area contributed by atoms with Crippen LogP contribution in [0.25, 0.3) is 22.2 Å². The minimum Gasteiger partial charge on any atom is -0.366 e. The standard InChI is InChI=1S/C22H16N4O2/c23-21(27)15-4-3-5-16(12-15)25-22(28)18-13-20(14-8-10-24-11-9-14)26-19-7-2-1-6-17(18)19/h1-13H,(H2,23,27)(H,25,28). The van der Waals surface area contributed by atoms with E-state index >= 15 is 0 Å². The van der Waals surface area contributed by atoms with Crippen LogP contribution in [0.1, 0.15) is 20.7 Å². The molecule has 28 heavy (non-hydrogen) atoms. The summed E-state index contributed by atoms with van der Waals surface area (Å²) in [7, 11) is 0. The van der Waals surface area contributed by atoms with Gasteiger partial charge in [0.1, 0.15) is 0 Å². The van der Waals surface area contributed by atoms with Crippen LogP contribution in [0.5, 0.6) is 0 Å². The third-order valence-electron chi connectivity index (χ3n) is 4.34. The van der Waals surface area contributed by atoms with E-state index in [1.54, 1.807) is 42.7 Å². The van der Waals surface area contributed by atoms with Gasteiger partial charge < -0.3 is 11.1 Å². The highest BCUT2D eigenvalue weighted by Gasteiger charge is 2.14. The van der Waals surface area contributed by atoms with Crippen molar-refractivity contribution in [2.75, 3.05) is 5.32 Å². The van der Waals surface area contributed by atoms with Crippen molar-refractivity contribution in [3.63, 3.8) is 0 Å². The van der Waals surface area contributed by atoms with Gasteiger partial charge in [0.25, 0.3) is 5.91 Å². The molecule has 136 valence electrons. The second-order valence-electron chi connectivity index (χ2n) is 6.21. The maximum absolute atomic E-state index is 13.0. The summed E-state index contributed by atoms with van der Waals surface area (Å²) in [4.78, 5) is 33.1. The van der Waals surface area contributed by atoms with Crippen molar-refractivity contribution in [2.24, 2.45) is 5.73 Å². The first-order valence-electron chi connectivity index (χ1n) is 8.63. The van der Waals surface area contributed by atoms with Crippen LogP contribution in [0.3, 0.4) is 0 Å². The Morgan fingerprint density at radius 1 is 0.893 bits per heavy atom. The number of carbonyl (C=O) groups excluding carboxylic acids is 2. The summed E-state index contributed by atoms with van der Waals surface area (Å²) in [6, 6.07) is 19.4. The average Bonchev–Trinajstić information content (AvgIpc) is 2.73. The summed E-state index contributed by atoms with van der Waals surface area (Å²) in [6.45, 7) is 0. The predicted octanol–water partition coefficient (Wildman–Crippen LogP) is 3.65. The molecule has 0 fully saturated rings. The van der Waals surface area contributed by atoms with Gasteiger partial charge in [0, 0.05) is 34.6 Å². The molecule has 0 aliphatic heterocycles. The van der Waals surface area contributed by atoms with Crippen molar-refractivity contribution in [3.8, 4) is 11.3 Å². The van der Waals surface area contributed by atoms with Crippen LogP contribution >= 0.6 is 0 Å². The van der Waals surface area contributed by atoms with Crippen LogP contribution < -0.4 is 11.1 Å². The monoisotopic (exact) mass is 368 g/mol. The van der Waals surface area contributed by atoms with Gasteiger partial charge in [-0.25, -0.2) is 4.98 Å². The van der Waals surface area contributed by atoms with Crippen LogP contribution in [0.15, 0.2) is 79.1 Å². The number of amides is 2. The van der Waals surface area contributed by atoms with Crippen molar-refractivity contribution in [1.82, 2.24) is 9.97 Å². The number of anilines is 1. The lowest BCUT2D eigenvalue weighted by atomic mass is 10.0. The lowest BCUT2D eigenvalue weighted by Gasteiger charge is -2.11. The molecule has 0 unspecified atom stereocenters. The van der Waals surface area contributed by atoms with E-state index in [9.17, 15) is 9.59 Å². The van der Waals surface area contributed by atoms with E-state index in [0.717, 1.165) is 10.9 Å². The fourth-order valence-corrected chi connectivity index (χ4v) is 2.98. The van der Waals surface area contributed by atoms with Crippen molar-refractivity contribution in [3.05, 3.63) is 90.3 Å². The molecule has 2 aromatic heterocycles. The zero-order chi connectivity index (χ0) is 19.5. The number of hydrogen-bond donors (Lipinski definition) is 2. The molecule has 6 heteroatoms. The van der Waals surface area contributed by atoms with Gasteiger partial charge in [-0.2, -0.15) is 0 Å². The van der Waals surface area contributed by atoms with Crippen LogP contribution in [-0.4, -0.2) is 21.8 Å². The Morgan fingerprint density at radius 2 is 1.68 bits per heavy atom. The quantitative estimate of drug-likeness (QED) is 0.574. The summed E-state index contributed by atoms with van der Waals surface area (Å²) in [6.07, 6.45) is 3.36. The molecule has 2 aromatic carbocycles. The number of primary amides is 1. The summed E-state index contributed by atoms with van der Waals surface area (Å²) < 4.78 is 0. The first-order valence-corrected chi connectivity index (χ1v) is 8.63. The topological polar surface area (TPSA) is 98.0 Å². The molecule has 0 atom stereocenters. The third kappa shape index (κ3) is 3.43. The maximum Gasteiger partial charge on any atom is 0.256 e. The van der Waals surface area contributed by atoms with Crippen LogP contribution in [0.4, 0.5) is 5.69 Å². The van der Waals surface area contributed by atoms with Crippen LogP contribution in [-0.2, 0) is 0 Å². The Labute approximate surface area is 161 Å². The van der Waals surface area contributed by atoms with Gasteiger partial charge in [0.05, 0.1) is 16.8 Å². The molecule has 0 saturated carbocycles. The molecule has 2 amide bonds. The molecule has 4 rings (SSSR count). The summed E-state index contributed by atoms with van der Waals surface area (Å²) in [5.74, 6) is -0.846. The molecule has 0 saturated heterocycles. The van der Waals surface area contributed by atoms with Crippen molar-refractivity contribution in [2.45, 2.75) is 0 Å². The number of aromatic nitrogens is 2. The number of nitrogens with two attached hydrogens (primary N) is 1. The van der Waals surface area contributed by atoms with Gasteiger partial charge >= 0.3 is 0 Å². The molecule has 2 heterocycles. The van der Waals surface area contributed by atoms with Crippen LogP contribution in [0, 0.1) is 0 Å². The lowest BCUT2D eigenvalue weighted by Crippen LogP contribution is -2.15. The Kier molecular flexibility index (Phi) is 4.51. The number of para-hydroxylation sites is 1. The van der Waals surface area contributed by atoms with Gasteiger partial charge in [-0.15, -0.1) is 0 Å².